The standard InChI is InChI=1S/C29H29N3O5/c1-4-37-29(34)21-12-19-11-17(6-8-23(19)24-14-20(24)13-21)27-30-10-9-25(32-27)28(33)31-16-18-5-7-22(35-2)15-26(18)36-3/h5-12,15,20,24H,4,13-14,16H2,1-3H3,(H,31,33). The number of nitrogens with zero attached hydrogens (tertiary/aromatic N) is 2. The highest BCUT2D eigenvalue weighted by Gasteiger charge is 2.42. The number of amides is 1. The predicted octanol–water partition coefficient (Wildman–Crippen LogP) is 4.54. The molecule has 3 aromatic rings. The maximum atomic E-state index is 12.9. The molecule has 0 spiro atoms. The number of esters is 1. The molecule has 0 saturated heterocycles. The average Bonchev–Trinajstić information content (AvgIpc) is 3.71. The number of rotatable bonds is 8. The summed E-state index contributed by atoms with van der Waals surface area (Å²) in [6, 6.07) is 13.1. The minimum absolute atomic E-state index is 0.255. The number of fused-ring (bicyclic) bond motifs is 3. The molecule has 2 aliphatic carbocycles. The van der Waals surface area contributed by atoms with E-state index in [9.17, 15) is 9.59 Å². The first-order valence-corrected chi connectivity index (χ1v) is 12.3. The van der Waals surface area contributed by atoms with Gasteiger partial charge in [-0.15, -0.1) is 0 Å². The highest BCUT2D eigenvalue weighted by molar-refractivity contribution is 5.95. The number of nitrogens with one attached hydrogen (secondary N) is 1. The fraction of sp³-hybridized carbons (Fsp3) is 0.310. The average molecular weight is 500 g/mol. The zero-order chi connectivity index (χ0) is 25.9. The Kier molecular flexibility index (Phi) is 6.90. The van der Waals surface area contributed by atoms with Gasteiger partial charge in [-0.3, -0.25) is 4.79 Å². The van der Waals surface area contributed by atoms with E-state index < -0.39 is 0 Å². The van der Waals surface area contributed by atoms with E-state index in [4.69, 9.17) is 14.2 Å². The van der Waals surface area contributed by atoms with E-state index >= 15 is 0 Å². The van der Waals surface area contributed by atoms with Gasteiger partial charge < -0.3 is 19.5 Å². The van der Waals surface area contributed by atoms with Crippen LogP contribution in [-0.4, -0.2) is 42.7 Å². The third kappa shape index (κ3) is 5.18. The van der Waals surface area contributed by atoms with E-state index in [-0.39, 0.29) is 24.1 Å². The molecule has 0 radical (unpaired) electrons. The van der Waals surface area contributed by atoms with Crippen LogP contribution in [0, 0.1) is 5.92 Å². The molecule has 1 heterocycles. The molecule has 1 saturated carbocycles. The van der Waals surface area contributed by atoms with Crippen LogP contribution in [0.2, 0.25) is 0 Å². The van der Waals surface area contributed by atoms with E-state index in [1.807, 2.05) is 37.3 Å². The van der Waals surface area contributed by atoms with Crippen molar-refractivity contribution in [2.45, 2.75) is 32.2 Å². The van der Waals surface area contributed by atoms with Crippen LogP contribution in [0.1, 0.15) is 52.9 Å². The second-order valence-corrected chi connectivity index (χ2v) is 9.17. The molecule has 37 heavy (non-hydrogen) atoms. The molecule has 5 rings (SSSR count). The smallest absolute Gasteiger partial charge is 0.334 e. The Morgan fingerprint density at radius 1 is 1.08 bits per heavy atom. The highest BCUT2D eigenvalue weighted by atomic mass is 16.5. The molecule has 2 aromatic carbocycles. The predicted molar refractivity (Wildman–Crippen MR) is 138 cm³/mol. The van der Waals surface area contributed by atoms with Crippen molar-refractivity contribution in [2.24, 2.45) is 5.92 Å². The highest BCUT2D eigenvalue weighted by Crippen LogP contribution is 2.54. The number of hydrogen-bond acceptors (Lipinski definition) is 7. The van der Waals surface area contributed by atoms with Crippen molar-refractivity contribution >= 4 is 18.0 Å². The number of benzene rings is 2. The van der Waals surface area contributed by atoms with Crippen molar-refractivity contribution in [1.82, 2.24) is 15.3 Å². The fourth-order valence-electron chi connectivity index (χ4n) is 4.81. The summed E-state index contributed by atoms with van der Waals surface area (Å²) in [5.41, 5.74) is 4.78. The molecule has 1 fully saturated rings. The van der Waals surface area contributed by atoms with Crippen molar-refractivity contribution in [2.75, 3.05) is 20.8 Å². The number of ether oxygens (including phenoxy) is 3. The lowest BCUT2D eigenvalue weighted by Gasteiger charge is -2.12. The van der Waals surface area contributed by atoms with E-state index in [2.05, 4.69) is 21.4 Å². The summed E-state index contributed by atoms with van der Waals surface area (Å²) >= 11 is 0. The quantitative estimate of drug-likeness (QED) is 0.454. The van der Waals surface area contributed by atoms with Crippen molar-refractivity contribution in [1.29, 1.82) is 0 Å². The summed E-state index contributed by atoms with van der Waals surface area (Å²) in [5, 5.41) is 2.89. The van der Waals surface area contributed by atoms with Gasteiger partial charge >= 0.3 is 5.97 Å². The Balaban J connectivity index is 1.36. The van der Waals surface area contributed by atoms with Gasteiger partial charge in [-0.1, -0.05) is 12.1 Å². The first-order valence-electron chi connectivity index (χ1n) is 12.3. The van der Waals surface area contributed by atoms with E-state index in [1.165, 1.54) is 5.56 Å². The van der Waals surface area contributed by atoms with Gasteiger partial charge in [0.2, 0.25) is 0 Å². The fourth-order valence-corrected chi connectivity index (χ4v) is 4.81. The minimum atomic E-state index is -0.318. The van der Waals surface area contributed by atoms with Gasteiger partial charge in [0.1, 0.15) is 17.2 Å². The van der Waals surface area contributed by atoms with Gasteiger partial charge in [0.25, 0.3) is 5.91 Å². The largest absolute Gasteiger partial charge is 0.497 e. The zero-order valence-electron chi connectivity index (χ0n) is 21.1. The Hall–Kier alpha value is -4.20. The maximum absolute atomic E-state index is 12.9. The van der Waals surface area contributed by atoms with Gasteiger partial charge in [0, 0.05) is 35.5 Å². The number of hydrogen-bond donors (Lipinski definition) is 1. The molecule has 0 aliphatic heterocycles. The normalized spacial score (nSPS) is 17.4. The molecule has 8 nitrogen and oxygen atoms in total. The SMILES string of the molecule is CCOC(=O)C1=Cc2cc(-c3nccc(C(=O)NCc4ccc(OC)cc4OC)n3)ccc2C2CC2C1. The summed E-state index contributed by atoms with van der Waals surface area (Å²) in [4.78, 5) is 34.3. The molecule has 1 aromatic heterocycles. The Labute approximate surface area is 215 Å². The van der Waals surface area contributed by atoms with Crippen LogP contribution in [0.5, 0.6) is 11.5 Å². The van der Waals surface area contributed by atoms with E-state index in [0.29, 0.717) is 41.3 Å². The first kappa shape index (κ1) is 24.5. The molecule has 2 atom stereocenters. The molecule has 2 unspecified atom stereocenters. The summed E-state index contributed by atoms with van der Waals surface area (Å²) in [6.45, 7) is 2.44. The van der Waals surface area contributed by atoms with Gasteiger partial charge in [-0.25, -0.2) is 14.8 Å². The van der Waals surface area contributed by atoms with Gasteiger partial charge in [0.05, 0.1) is 20.8 Å². The van der Waals surface area contributed by atoms with Crippen molar-refractivity contribution < 1.29 is 23.8 Å². The molecule has 2 aliphatic rings. The molecule has 8 heteroatoms. The maximum Gasteiger partial charge on any atom is 0.334 e. The first-order chi connectivity index (χ1) is 18.0. The Morgan fingerprint density at radius 2 is 1.95 bits per heavy atom. The second-order valence-electron chi connectivity index (χ2n) is 9.17. The van der Waals surface area contributed by atoms with Crippen LogP contribution in [-0.2, 0) is 16.1 Å². The topological polar surface area (TPSA) is 99.6 Å². The number of aromatic nitrogens is 2. The molecular formula is C29H29N3O5. The van der Waals surface area contributed by atoms with Crippen LogP contribution < -0.4 is 14.8 Å². The summed E-state index contributed by atoms with van der Waals surface area (Å²) in [7, 11) is 3.16. The third-order valence-electron chi connectivity index (χ3n) is 6.84. The van der Waals surface area contributed by atoms with E-state index in [1.54, 1.807) is 32.5 Å². The van der Waals surface area contributed by atoms with Crippen molar-refractivity contribution in [3.63, 3.8) is 0 Å². The second kappa shape index (κ2) is 10.4. The van der Waals surface area contributed by atoms with Crippen LogP contribution in [0.25, 0.3) is 17.5 Å². The van der Waals surface area contributed by atoms with Gasteiger partial charge in [-0.05, 0) is 73.1 Å². The lowest BCUT2D eigenvalue weighted by molar-refractivity contribution is -0.138. The number of methoxy groups -OCH3 is 2. The monoisotopic (exact) mass is 499 g/mol. The third-order valence-corrected chi connectivity index (χ3v) is 6.84. The molecule has 0 bridgehead atoms. The molecule has 1 amide bonds. The Morgan fingerprint density at radius 3 is 2.73 bits per heavy atom. The molecular weight excluding hydrogens is 470 g/mol. The summed E-state index contributed by atoms with van der Waals surface area (Å²) < 4.78 is 15.9. The number of carbonyl (C=O) groups is 2. The van der Waals surface area contributed by atoms with Crippen LogP contribution in [0.15, 0.2) is 54.2 Å². The van der Waals surface area contributed by atoms with Crippen molar-refractivity contribution in [3.05, 3.63) is 76.6 Å². The minimum Gasteiger partial charge on any atom is -0.497 e. The molecule has 1 N–H and O–H groups in total. The van der Waals surface area contributed by atoms with Gasteiger partial charge in [-0.2, -0.15) is 0 Å². The summed E-state index contributed by atoms with van der Waals surface area (Å²) in [5.74, 6) is 2.11. The Bertz CT molecular complexity index is 1380. The number of carbonyl (C=O) groups excluding carboxylic acids is 2. The van der Waals surface area contributed by atoms with Crippen molar-refractivity contribution in [3.8, 4) is 22.9 Å². The summed E-state index contributed by atoms with van der Waals surface area (Å²) in [6.07, 6.45) is 5.32. The van der Waals surface area contributed by atoms with Crippen LogP contribution in [0.4, 0.5) is 0 Å². The van der Waals surface area contributed by atoms with Gasteiger partial charge in [0.15, 0.2) is 5.82 Å². The van der Waals surface area contributed by atoms with Crippen LogP contribution in [0.3, 0.4) is 0 Å². The lowest BCUT2D eigenvalue weighted by atomic mass is 9.99. The molecule has 190 valence electrons. The lowest BCUT2D eigenvalue weighted by Crippen LogP contribution is -2.24. The van der Waals surface area contributed by atoms with Crippen LogP contribution >= 0.6 is 0 Å². The van der Waals surface area contributed by atoms with E-state index in [0.717, 1.165) is 29.5 Å². The zero-order valence-corrected chi connectivity index (χ0v) is 21.1.